The van der Waals surface area contributed by atoms with Crippen LogP contribution in [0.2, 0.25) is 0 Å². The van der Waals surface area contributed by atoms with Gasteiger partial charge in [0, 0.05) is 0 Å². The lowest BCUT2D eigenvalue weighted by Gasteiger charge is -1.77. The molecule has 1 fully saturated rings. The molecule has 1 aliphatic heterocycles. The first kappa shape index (κ1) is 8.73. The molecule has 0 aromatic carbocycles. The Labute approximate surface area is 55.5 Å². The summed E-state index contributed by atoms with van der Waals surface area (Å²) in [4.78, 5) is 30.1. The van der Waals surface area contributed by atoms with Crippen LogP contribution in [0.25, 0.3) is 0 Å². The summed E-state index contributed by atoms with van der Waals surface area (Å²) in [5.41, 5.74) is 0. The fraction of sp³-hybridized carbons (Fsp3) is 0.250. The lowest BCUT2D eigenvalue weighted by Crippen LogP contribution is -2.03. The van der Waals surface area contributed by atoms with Gasteiger partial charge in [0.25, 0.3) is 5.78 Å². The highest BCUT2D eigenvalue weighted by molar-refractivity contribution is 6.42. The maximum Gasteiger partial charge on any atom is 0.382 e. The standard InChI is InChI=1S/C4H2O4.H3NO/c5-2-1-3(6)8-4(2)7;1-2/h1H2;2H,1H2. The Morgan fingerprint density at radius 2 is 1.80 bits per heavy atom. The van der Waals surface area contributed by atoms with E-state index in [0.29, 0.717) is 0 Å². The molecule has 1 aliphatic rings. The Kier molecular flexibility index (Phi) is 3.23. The lowest BCUT2D eigenvalue weighted by atomic mass is 10.3. The summed E-state index contributed by atoms with van der Waals surface area (Å²) in [6, 6.07) is 0. The summed E-state index contributed by atoms with van der Waals surface area (Å²) in [6.45, 7) is 0. The Bertz CT molecular complexity index is 156. The van der Waals surface area contributed by atoms with Crippen LogP contribution in [0.15, 0.2) is 0 Å². The zero-order chi connectivity index (χ0) is 8.15. The van der Waals surface area contributed by atoms with E-state index >= 15 is 0 Å². The molecule has 0 aliphatic carbocycles. The van der Waals surface area contributed by atoms with E-state index in [9.17, 15) is 14.4 Å². The van der Waals surface area contributed by atoms with E-state index in [4.69, 9.17) is 5.21 Å². The third-order valence-electron chi connectivity index (χ3n) is 0.739. The van der Waals surface area contributed by atoms with Gasteiger partial charge in [-0.3, -0.25) is 9.59 Å². The van der Waals surface area contributed by atoms with E-state index < -0.39 is 24.1 Å². The number of rotatable bonds is 0. The molecular weight excluding hydrogens is 142 g/mol. The van der Waals surface area contributed by atoms with Crippen molar-refractivity contribution >= 4 is 17.7 Å². The van der Waals surface area contributed by atoms with Crippen LogP contribution in [-0.2, 0) is 19.1 Å². The number of carbonyl (C=O) groups is 3. The van der Waals surface area contributed by atoms with Crippen LogP contribution < -0.4 is 5.90 Å². The van der Waals surface area contributed by atoms with Crippen molar-refractivity contribution in [3.63, 3.8) is 0 Å². The predicted octanol–water partition coefficient (Wildman–Crippen LogP) is -1.64. The second-order valence-corrected chi connectivity index (χ2v) is 1.36. The van der Waals surface area contributed by atoms with E-state index in [1.54, 1.807) is 0 Å². The highest BCUT2D eigenvalue weighted by Crippen LogP contribution is 1.99. The Hall–Kier alpha value is -1.27. The van der Waals surface area contributed by atoms with Crippen LogP contribution in [0.5, 0.6) is 0 Å². The molecule has 0 spiro atoms. The molecule has 0 aromatic rings. The van der Waals surface area contributed by atoms with E-state index in [-0.39, 0.29) is 0 Å². The van der Waals surface area contributed by atoms with Crippen molar-refractivity contribution in [3.8, 4) is 0 Å². The first-order valence-corrected chi connectivity index (χ1v) is 2.24. The quantitative estimate of drug-likeness (QED) is 0.184. The number of ketones is 1. The molecule has 56 valence electrons. The van der Waals surface area contributed by atoms with Gasteiger partial charge >= 0.3 is 11.9 Å². The largest absolute Gasteiger partial charge is 0.387 e. The van der Waals surface area contributed by atoms with Crippen molar-refractivity contribution in [2.45, 2.75) is 6.42 Å². The summed E-state index contributed by atoms with van der Waals surface area (Å²) >= 11 is 0. The predicted molar refractivity (Wildman–Crippen MR) is 26.7 cm³/mol. The van der Waals surface area contributed by atoms with Crippen LogP contribution in [0.1, 0.15) is 6.42 Å². The molecule has 1 saturated heterocycles. The van der Waals surface area contributed by atoms with Crippen molar-refractivity contribution in [3.05, 3.63) is 0 Å². The average Bonchev–Trinajstić information content (AvgIpc) is 2.16. The molecule has 1 heterocycles. The zero-order valence-electron chi connectivity index (χ0n) is 4.86. The molecule has 0 unspecified atom stereocenters. The number of nitrogens with two attached hydrogens (primary N) is 1. The molecule has 0 atom stereocenters. The minimum Gasteiger partial charge on any atom is -0.387 e. The normalized spacial score (nSPS) is 16.0. The Morgan fingerprint density at radius 3 is 1.90 bits per heavy atom. The second kappa shape index (κ2) is 3.70. The van der Waals surface area contributed by atoms with Crippen LogP contribution in [0, 0.1) is 0 Å². The van der Waals surface area contributed by atoms with Gasteiger partial charge in [-0.05, 0) is 0 Å². The van der Waals surface area contributed by atoms with Crippen molar-refractivity contribution in [1.82, 2.24) is 0 Å². The van der Waals surface area contributed by atoms with Gasteiger partial charge in [0.05, 0.1) is 0 Å². The molecule has 0 saturated carbocycles. The fourth-order valence-corrected chi connectivity index (χ4v) is 0.400. The molecular formula is C4H5NO5. The van der Waals surface area contributed by atoms with Crippen molar-refractivity contribution in [1.29, 1.82) is 0 Å². The number of hydrogen-bond acceptors (Lipinski definition) is 6. The van der Waals surface area contributed by atoms with Gasteiger partial charge in [-0.1, -0.05) is 0 Å². The highest BCUT2D eigenvalue weighted by Gasteiger charge is 2.30. The topological polar surface area (TPSA) is 107 Å². The second-order valence-electron chi connectivity index (χ2n) is 1.36. The zero-order valence-corrected chi connectivity index (χ0v) is 4.86. The number of carbonyl (C=O) groups excluding carboxylic acids is 3. The molecule has 0 amide bonds. The fourth-order valence-electron chi connectivity index (χ4n) is 0.400. The third-order valence-corrected chi connectivity index (χ3v) is 0.739. The van der Waals surface area contributed by atoms with E-state index in [2.05, 4.69) is 10.6 Å². The molecule has 10 heavy (non-hydrogen) atoms. The number of ether oxygens (including phenoxy) is 1. The van der Waals surface area contributed by atoms with Gasteiger partial charge in [0.2, 0.25) is 0 Å². The van der Waals surface area contributed by atoms with Gasteiger partial charge in [0.1, 0.15) is 6.42 Å². The van der Waals surface area contributed by atoms with Gasteiger partial charge < -0.3 is 9.94 Å². The third kappa shape index (κ3) is 1.92. The van der Waals surface area contributed by atoms with Crippen molar-refractivity contribution in [2.75, 3.05) is 0 Å². The molecule has 1 rings (SSSR count). The summed E-state index contributed by atoms with van der Waals surface area (Å²) in [6.07, 6.45) is -0.390. The molecule has 6 nitrogen and oxygen atoms in total. The summed E-state index contributed by atoms with van der Waals surface area (Å²) in [5.74, 6) is 0.963. The number of hydrogen-bond donors (Lipinski definition) is 2. The molecule has 6 heteroatoms. The van der Waals surface area contributed by atoms with Crippen molar-refractivity contribution in [2.24, 2.45) is 5.90 Å². The SMILES string of the molecule is NO.O=C1CC(=O)C(=O)O1. The summed E-state index contributed by atoms with van der Waals surface area (Å²) in [7, 11) is 0. The highest BCUT2D eigenvalue weighted by atomic mass is 16.6. The average molecular weight is 147 g/mol. The van der Waals surface area contributed by atoms with E-state index in [0.717, 1.165) is 0 Å². The Balaban J connectivity index is 0.000000371. The van der Waals surface area contributed by atoms with Crippen LogP contribution in [-0.4, -0.2) is 22.9 Å². The maximum atomic E-state index is 10.1. The monoisotopic (exact) mass is 147 g/mol. The first-order valence-electron chi connectivity index (χ1n) is 2.24. The number of Topliss-reactive ketones (excluding diaryl/α,β-unsaturated/α-hetero) is 1. The van der Waals surface area contributed by atoms with Gasteiger partial charge in [0.15, 0.2) is 0 Å². The van der Waals surface area contributed by atoms with Gasteiger partial charge in [-0.25, -0.2) is 10.7 Å². The number of cyclic esters (lactones) is 2. The van der Waals surface area contributed by atoms with Gasteiger partial charge in [-0.15, -0.1) is 0 Å². The first-order chi connectivity index (χ1) is 4.70. The lowest BCUT2D eigenvalue weighted by molar-refractivity contribution is -0.154. The van der Waals surface area contributed by atoms with Crippen molar-refractivity contribution < 1.29 is 24.3 Å². The Morgan fingerprint density at radius 1 is 1.30 bits per heavy atom. The van der Waals surface area contributed by atoms with E-state index in [1.807, 2.05) is 0 Å². The smallest absolute Gasteiger partial charge is 0.382 e. The number of esters is 2. The summed E-state index contributed by atoms with van der Waals surface area (Å²) in [5, 5.41) is 6.50. The molecule has 3 N–H and O–H groups in total. The van der Waals surface area contributed by atoms with Gasteiger partial charge in [-0.2, -0.15) is 0 Å². The molecule has 0 aromatic heterocycles. The summed E-state index contributed by atoms with van der Waals surface area (Å²) < 4.78 is 3.85. The maximum absolute atomic E-state index is 10.1. The van der Waals surface area contributed by atoms with Crippen LogP contribution in [0.4, 0.5) is 0 Å². The van der Waals surface area contributed by atoms with E-state index in [1.165, 1.54) is 0 Å². The molecule has 0 bridgehead atoms. The molecule has 0 radical (unpaired) electrons. The minimum atomic E-state index is -1.03. The van der Waals surface area contributed by atoms with Crippen LogP contribution >= 0.6 is 0 Å². The van der Waals surface area contributed by atoms with Crippen LogP contribution in [0.3, 0.4) is 0 Å². The minimum absolute atomic E-state index is 0.390.